The summed E-state index contributed by atoms with van der Waals surface area (Å²) in [5, 5.41) is 19.2. The highest BCUT2D eigenvalue weighted by atomic mass is 19.1. The van der Waals surface area contributed by atoms with Crippen LogP contribution < -0.4 is 4.90 Å². The first-order chi connectivity index (χ1) is 8.45. The van der Waals surface area contributed by atoms with Gasteiger partial charge in [-0.2, -0.15) is 0 Å². The molecule has 0 aliphatic rings. The summed E-state index contributed by atoms with van der Waals surface area (Å²) >= 11 is 0. The molecule has 1 N–H and O–H groups in total. The van der Waals surface area contributed by atoms with Gasteiger partial charge in [0, 0.05) is 12.6 Å². The number of aliphatic carboxylic acids is 1. The maximum absolute atomic E-state index is 13.7. The molecule has 7 heteroatoms. The third-order valence-corrected chi connectivity index (χ3v) is 2.16. The van der Waals surface area contributed by atoms with Crippen molar-refractivity contribution in [1.29, 1.82) is 0 Å². The highest BCUT2D eigenvalue weighted by molar-refractivity contribution is 5.74. The minimum absolute atomic E-state index is 0.0112. The van der Waals surface area contributed by atoms with Gasteiger partial charge in [-0.1, -0.05) is 6.08 Å². The molecule has 0 unspecified atom stereocenters. The van der Waals surface area contributed by atoms with Crippen LogP contribution in [0.25, 0.3) is 0 Å². The summed E-state index contributed by atoms with van der Waals surface area (Å²) in [6.07, 6.45) is 1.42. The zero-order valence-corrected chi connectivity index (χ0v) is 9.38. The van der Waals surface area contributed by atoms with Crippen LogP contribution in [0.1, 0.15) is 0 Å². The minimum Gasteiger partial charge on any atom is -0.480 e. The van der Waals surface area contributed by atoms with E-state index in [0.717, 1.165) is 12.1 Å². The number of halogens is 1. The molecule has 1 aromatic rings. The molecule has 0 aliphatic carbocycles. The fourth-order valence-electron chi connectivity index (χ4n) is 1.43. The van der Waals surface area contributed by atoms with Gasteiger partial charge in [-0.3, -0.25) is 14.9 Å². The molecule has 0 aliphatic heterocycles. The fraction of sp³-hybridized carbons (Fsp3) is 0.182. The molecule has 96 valence electrons. The number of carboxylic acid groups (broad SMARTS) is 1. The molecule has 1 aromatic carbocycles. The predicted octanol–water partition coefficient (Wildman–Crippen LogP) is 1.81. The number of benzene rings is 1. The van der Waals surface area contributed by atoms with Gasteiger partial charge < -0.3 is 10.0 Å². The van der Waals surface area contributed by atoms with E-state index in [1.165, 1.54) is 17.0 Å². The second-order valence-corrected chi connectivity index (χ2v) is 3.46. The quantitative estimate of drug-likeness (QED) is 0.475. The number of carbonyl (C=O) groups is 1. The summed E-state index contributed by atoms with van der Waals surface area (Å²) in [6.45, 7) is 3.15. The van der Waals surface area contributed by atoms with Gasteiger partial charge in [0.1, 0.15) is 6.54 Å². The van der Waals surface area contributed by atoms with E-state index in [0.29, 0.717) is 0 Å². The van der Waals surface area contributed by atoms with Crippen LogP contribution in [0, 0.1) is 15.9 Å². The van der Waals surface area contributed by atoms with Crippen LogP contribution in [0.3, 0.4) is 0 Å². The summed E-state index contributed by atoms with van der Waals surface area (Å²) < 4.78 is 13.7. The normalized spacial score (nSPS) is 9.83. The van der Waals surface area contributed by atoms with Crippen molar-refractivity contribution >= 4 is 17.3 Å². The van der Waals surface area contributed by atoms with Crippen LogP contribution >= 0.6 is 0 Å². The third kappa shape index (κ3) is 3.27. The fourth-order valence-corrected chi connectivity index (χ4v) is 1.43. The minimum atomic E-state index is -1.13. The van der Waals surface area contributed by atoms with E-state index in [4.69, 9.17) is 5.11 Å². The highest BCUT2D eigenvalue weighted by Gasteiger charge is 2.16. The topological polar surface area (TPSA) is 83.7 Å². The molecular weight excluding hydrogens is 243 g/mol. The highest BCUT2D eigenvalue weighted by Crippen LogP contribution is 2.23. The van der Waals surface area contributed by atoms with E-state index in [1.54, 1.807) is 0 Å². The molecule has 1 rings (SSSR count). The van der Waals surface area contributed by atoms with Crippen LogP contribution in [0.5, 0.6) is 0 Å². The van der Waals surface area contributed by atoms with Gasteiger partial charge in [-0.15, -0.1) is 6.58 Å². The van der Waals surface area contributed by atoms with Gasteiger partial charge in [0.25, 0.3) is 5.69 Å². The number of hydrogen-bond donors (Lipinski definition) is 1. The third-order valence-electron chi connectivity index (χ3n) is 2.16. The van der Waals surface area contributed by atoms with Crippen molar-refractivity contribution in [1.82, 2.24) is 0 Å². The Morgan fingerprint density at radius 3 is 2.72 bits per heavy atom. The number of anilines is 1. The standard InChI is InChI=1S/C11H11FN2O4/c1-2-5-13(7-11(15)16)10-4-3-8(14(17)18)6-9(10)12/h2-4,6H,1,5,7H2,(H,15,16). The van der Waals surface area contributed by atoms with E-state index in [2.05, 4.69) is 6.58 Å². The van der Waals surface area contributed by atoms with Crippen molar-refractivity contribution in [2.75, 3.05) is 18.0 Å². The molecule has 0 bridgehead atoms. The summed E-state index contributed by atoms with van der Waals surface area (Å²) in [5.74, 6) is -1.97. The van der Waals surface area contributed by atoms with Crippen LogP contribution in [0.2, 0.25) is 0 Å². The molecule has 0 aromatic heterocycles. The molecular formula is C11H11FN2O4. The second-order valence-electron chi connectivity index (χ2n) is 3.46. The van der Waals surface area contributed by atoms with E-state index in [1.807, 2.05) is 0 Å². The average molecular weight is 254 g/mol. The zero-order valence-electron chi connectivity index (χ0n) is 9.38. The van der Waals surface area contributed by atoms with Crippen LogP contribution in [-0.4, -0.2) is 29.1 Å². The average Bonchev–Trinajstić information content (AvgIpc) is 2.27. The van der Waals surface area contributed by atoms with Crippen molar-refractivity contribution in [2.24, 2.45) is 0 Å². The lowest BCUT2D eigenvalue weighted by atomic mass is 10.2. The lowest BCUT2D eigenvalue weighted by molar-refractivity contribution is -0.385. The van der Waals surface area contributed by atoms with Crippen molar-refractivity contribution in [3.63, 3.8) is 0 Å². The van der Waals surface area contributed by atoms with Crippen molar-refractivity contribution in [3.8, 4) is 0 Å². The number of nitro groups is 1. The first-order valence-corrected chi connectivity index (χ1v) is 4.97. The molecule has 0 radical (unpaired) electrons. The Kier molecular flexibility index (Phi) is 4.36. The van der Waals surface area contributed by atoms with E-state index < -0.39 is 23.3 Å². The first-order valence-electron chi connectivity index (χ1n) is 4.97. The van der Waals surface area contributed by atoms with Gasteiger partial charge in [0.15, 0.2) is 5.82 Å². The van der Waals surface area contributed by atoms with Crippen molar-refractivity contribution < 1.29 is 19.2 Å². The molecule has 0 amide bonds. The Bertz CT molecular complexity index is 490. The first kappa shape index (κ1) is 13.6. The smallest absolute Gasteiger partial charge is 0.323 e. The van der Waals surface area contributed by atoms with Gasteiger partial charge in [-0.05, 0) is 6.07 Å². The maximum Gasteiger partial charge on any atom is 0.323 e. The molecule has 0 spiro atoms. The number of carboxylic acids is 1. The van der Waals surface area contributed by atoms with E-state index >= 15 is 0 Å². The number of nitro benzene ring substituents is 1. The van der Waals surface area contributed by atoms with Gasteiger partial charge in [0.05, 0.1) is 16.7 Å². The molecule has 0 saturated heterocycles. The van der Waals surface area contributed by atoms with Crippen LogP contribution in [0.15, 0.2) is 30.9 Å². The van der Waals surface area contributed by atoms with Crippen molar-refractivity contribution in [3.05, 3.63) is 46.8 Å². The second kappa shape index (κ2) is 5.76. The van der Waals surface area contributed by atoms with Crippen LogP contribution in [-0.2, 0) is 4.79 Å². The molecule has 18 heavy (non-hydrogen) atoms. The van der Waals surface area contributed by atoms with E-state index in [-0.39, 0.29) is 17.9 Å². The van der Waals surface area contributed by atoms with E-state index in [9.17, 15) is 19.3 Å². The maximum atomic E-state index is 13.7. The largest absolute Gasteiger partial charge is 0.480 e. The molecule has 0 heterocycles. The Balaban J connectivity index is 3.08. The van der Waals surface area contributed by atoms with Gasteiger partial charge >= 0.3 is 5.97 Å². The van der Waals surface area contributed by atoms with Gasteiger partial charge in [-0.25, -0.2) is 4.39 Å². The number of non-ortho nitro benzene ring substituents is 1. The van der Waals surface area contributed by atoms with Crippen LogP contribution in [0.4, 0.5) is 15.8 Å². The Morgan fingerprint density at radius 1 is 1.61 bits per heavy atom. The lowest BCUT2D eigenvalue weighted by Crippen LogP contribution is -2.30. The summed E-state index contributed by atoms with van der Waals surface area (Å²) in [5.41, 5.74) is -0.395. The Morgan fingerprint density at radius 2 is 2.28 bits per heavy atom. The molecule has 0 fully saturated rings. The zero-order chi connectivity index (χ0) is 13.7. The Hall–Kier alpha value is -2.44. The number of nitrogens with zero attached hydrogens (tertiary/aromatic N) is 2. The molecule has 0 atom stereocenters. The summed E-state index contributed by atoms with van der Waals surface area (Å²) in [4.78, 5) is 21.6. The SMILES string of the molecule is C=CCN(CC(=O)O)c1ccc([N+](=O)[O-])cc1F. The predicted molar refractivity (Wildman–Crippen MR) is 63.1 cm³/mol. The summed E-state index contributed by atoms with van der Waals surface area (Å²) in [7, 11) is 0. The summed E-state index contributed by atoms with van der Waals surface area (Å²) in [6, 6.07) is 3.06. The lowest BCUT2D eigenvalue weighted by Gasteiger charge is -2.21. The molecule has 0 saturated carbocycles. The molecule has 6 nitrogen and oxygen atoms in total. The number of hydrogen-bond acceptors (Lipinski definition) is 4. The van der Waals surface area contributed by atoms with Crippen molar-refractivity contribution in [2.45, 2.75) is 0 Å². The Labute approximate surface area is 102 Å². The monoisotopic (exact) mass is 254 g/mol. The number of rotatable bonds is 6. The van der Waals surface area contributed by atoms with Gasteiger partial charge in [0.2, 0.25) is 0 Å².